The van der Waals surface area contributed by atoms with Gasteiger partial charge in [-0.1, -0.05) is 17.7 Å². The number of nitrogens with one attached hydrogen (secondary N) is 1. The minimum Gasteiger partial charge on any atom is -0.419 e. The van der Waals surface area contributed by atoms with Gasteiger partial charge < -0.3 is 9.73 Å². The van der Waals surface area contributed by atoms with Gasteiger partial charge in [-0.15, -0.1) is 10.2 Å². The molecule has 1 amide bonds. The minimum atomic E-state index is 0.0366. The Morgan fingerprint density at radius 3 is 2.85 bits per heavy atom. The molecule has 1 N–H and O–H groups in total. The second-order valence-electron chi connectivity index (χ2n) is 4.93. The highest BCUT2D eigenvalue weighted by Crippen LogP contribution is 2.18. The molecule has 1 aromatic heterocycles. The van der Waals surface area contributed by atoms with Crippen molar-refractivity contribution in [3.63, 3.8) is 0 Å². The molecular weight excluding hydrogens is 256 g/mol. The average molecular weight is 272 g/mol. The van der Waals surface area contributed by atoms with Crippen LogP contribution >= 0.6 is 0 Å². The van der Waals surface area contributed by atoms with Gasteiger partial charge in [0.25, 0.3) is 0 Å². The van der Waals surface area contributed by atoms with Gasteiger partial charge in [0.1, 0.15) is 0 Å². The summed E-state index contributed by atoms with van der Waals surface area (Å²) < 4.78 is 5.65. The van der Waals surface area contributed by atoms with Crippen molar-refractivity contribution < 1.29 is 9.21 Å². The number of rotatable bonds is 3. The molecule has 0 atom stereocenters. The lowest BCUT2D eigenvalue weighted by atomic mass is 10.1. The minimum absolute atomic E-state index is 0.0366. The Labute approximate surface area is 116 Å². The van der Waals surface area contributed by atoms with E-state index >= 15 is 0 Å². The number of hydrogen-bond acceptors (Lipinski definition) is 5. The van der Waals surface area contributed by atoms with E-state index in [2.05, 4.69) is 15.5 Å². The van der Waals surface area contributed by atoms with Gasteiger partial charge in [0.05, 0.1) is 13.1 Å². The fourth-order valence-electron chi connectivity index (χ4n) is 2.15. The molecule has 0 aliphatic carbocycles. The second-order valence-corrected chi connectivity index (χ2v) is 4.93. The quantitative estimate of drug-likeness (QED) is 0.901. The van der Waals surface area contributed by atoms with Gasteiger partial charge in [-0.25, -0.2) is 0 Å². The first-order chi connectivity index (χ1) is 9.70. The monoisotopic (exact) mass is 272 g/mol. The van der Waals surface area contributed by atoms with E-state index in [-0.39, 0.29) is 5.91 Å². The van der Waals surface area contributed by atoms with Crippen molar-refractivity contribution in [3.05, 3.63) is 35.7 Å². The first kappa shape index (κ1) is 12.8. The predicted octanol–water partition coefficient (Wildman–Crippen LogP) is 0.977. The zero-order valence-electron chi connectivity index (χ0n) is 11.3. The first-order valence-corrected chi connectivity index (χ1v) is 6.59. The molecule has 6 nitrogen and oxygen atoms in total. The van der Waals surface area contributed by atoms with Crippen LogP contribution < -0.4 is 5.32 Å². The van der Waals surface area contributed by atoms with Gasteiger partial charge in [0.2, 0.25) is 17.7 Å². The van der Waals surface area contributed by atoms with E-state index in [1.807, 2.05) is 36.1 Å². The third kappa shape index (κ3) is 2.85. The second kappa shape index (κ2) is 5.42. The van der Waals surface area contributed by atoms with Crippen LogP contribution in [0.15, 0.2) is 28.7 Å². The van der Waals surface area contributed by atoms with Gasteiger partial charge in [-0.2, -0.15) is 0 Å². The number of benzene rings is 1. The lowest BCUT2D eigenvalue weighted by Gasteiger charge is -2.24. The topological polar surface area (TPSA) is 71.3 Å². The van der Waals surface area contributed by atoms with Crippen LogP contribution in [0.3, 0.4) is 0 Å². The van der Waals surface area contributed by atoms with Crippen molar-refractivity contribution in [2.75, 3.05) is 19.6 Å². The molecular formula is C14H16N4O2. The SMILES string of the molecule is Cc1ccc(-c2nnc(CN3CCNC(=O)C3)o2)cc1. The number of aryl methyl sites for hydroxylation is 1. The highest BCUT2D eigenvalue weighted by molar-refractivity contribution is 5.78. The molecule has 20 heavy (non-hydrogen) atoms. The van der Waals surface area contributed by atoms with E-state index in [9.17, 15) is 4.79 Å². The summed E-state index contributed by atoms with van der Waals surface area (Å²) in [7, 11) is 0. The lowest BCUT2D eigenvalue weighted by molar-refractivity contribution is -0.124. The molecule has 1 fully saturated rings. The Bertz CT molecular complexity index is 606. The van der Waals surface area contributed by atoms with Gasteiger partial charge in [0.15, 0.2) is 0 Å². The van der Waals surface area contributed by atoms with Crippen molar-refractivity contribution in [3.8, 4) is 11.5 Å². The van der Waals surface area contributed by atoms with Gasteiger partial charge in [-0.3, -0.25) is 9.69 Å². The highest BCUT2D eigenvalue weighted by Gasteiger charge is 2.18. The zero-order chi connectivity index (χ0) is 13.9. The molecule has 2 heterocycles. The van der Waals surface area contributed by atoms with Gasteiger partial charge in [0, 0.05) is 18.7 Å². The Hall–Kier alpha value is -2.21. The number of hydrogen-bond donors (Lipinski definition) is 1. The van der Waals surface area contributed by atoms with Crippen LogP contribution in [0, 0.1) is 6.92 Å². The molecule has 6 heteroatoms. The van der Waals surface area contributed by atoms with Crippen LogP contribution in [0.25, 0.3) is 11.5 Å². The zero-order valence-corrected chi connectivity index (χ0v) is 11.3. The van der Waals surface area contributed by atoms with Crippen LogP contribution in [0.4, 0.5) is 0 Å². The van der Waals surface area contributed by atoms with Crippen molar-refractivity contribution in [2.24, 2.45) is 0 Å². The Kier molecular flexibility index (Phi) is 3.47. The Balaban J connectivity index is 1.70. The number of amides is 1. The summed E-state index contributed by atoms with van der Waals surface area (Å²) >= 11 is 0. The molecule has 1 saturated heterocycles. The fraction of sp³-hybridized carbons (Fsp3) is 0.357. The number of aromatic nitrogens is 2. The Morgan fingerprint density at radius 2 is 2.10 bits per heavy atom. The maximum Gasteiger partial charge on any atom is 0.247 e. The lowest BCUT2D eigenvalue weighted by Crippen LogP contribution is -2.47. The van der Waals surface area contributed by atoms with E-state index in [0.29, 0.717) is 31.4 Å². The highest BCUT2D eigenvalue weighted by atomic mass is 16.4. The van der Waals surface area contributed by atoms with Gasteiger partial charge in [-0.05, 0) is 19.1 Å². The van der Waals surface area contributed by atoms with Crippen LogP contribution in [-0.2, 0) is 11.3 Å². The van der Waals surface area contributed by atoms with E-state index in [4.69, 9.17) is 4.42 Å². The third-order valence-corrected chi connectivity index (χ3v) is 3.24. The maximum atomic E-state index is 11.3. The van der Waals surface area contributed by atoms with E-state index < -0.39 is 0 Å². The number of piperazine rings is 1. The molecule has 0 unspecified atom stereocenters. The predicted molar refractivity (Wildman–Crippen MR) is 72.8 cm³/mol. The van der Waals surface area contributed by atoms with E-state index in [1.54, 1.807) is 0 Å². The molecule has 2 aromatic rings. The molecule has 0 radical (unpaired) electrons. The summed E-state index contributed by atoms with van der Waals surface area (Å²) in [4.78, 5) is 13.3. The summed E-state index contributed by atoms with van der Waals surface area (Å²) in [6.45, 7) is 4.38. The van der Waals surface area contributed by atoms with Crippen LogP contribution in [0.1, 0.15) is 11.5 Å². The molecule has 0 spiro atoms. The van der Waals surface area contributed by atoms with E-state index in [1.165, 1.54) is 5.56 Å². The fourth-order valence-corrected chi connectivity index (χ4v) is 2.15. The standard InChI is InChI=1S/C14H16N4O2/c1-10-2-4-11(5-3-10)14-17-16-13(20-14)9-18-7-6-15-12(19)8-18/h2-5H,6-9H2,1H3,(H,15,19). The molecule has 1 aliphatic heterocycles. The maximum absolute atomic E-state index is 11.3. The van der Waals surface area contributed by atoms with Crippen LogP contribution in [-0.4, -0.2) is 40.6 Å². The van der Waals surface area contributed by atoms with Crippen LogP contribution in [0.2, 0.25) is 0 Å². The number of carbonyl (C=O) groups is 1. The van der Waals surface area contributed by atoms with Crippen molar-refractivity contribution in [2.45, 2.75) is 13.5 Å². The number of carbonyl (C=O) groups excluding carboxylic acids is 1. The molecule has 104 valence electrons. The smallest absolute Gasteiger partial charge is 0.247 e. The molecule has 0 saturated carbocycles. The summed E-state index contributed by atoms with van der Waals surface area (Å²) in [6.07, 6.45) is 0. The Morgan fingerprint density at radius 1 is 1.30 bits per heavy atom. The molecule has 3 rings (SSSR count). The summed E-state index contributed by atoms with van der Waals surface area (Å²) in [6, 6.07) is 7.93. The number of nitrogens with zero attached hydrogens (tertiary/aromatic N) is 3. The third-order valence-electron chi connectivity index (χ3n) is 3.24. The van der Waals surface area contributed by atoms with E-state index in [0.717, 1.165) is 12.1 Å². The normalized spacial score (nSPS) is 16.1. The molecule has 0 bridgehead atoms. The van der Waals surface area contributed by atoms with Gasteiger partial charge >= 0.3 is 0 Å². The summed E-state index contributed by atoms with van der Waals surface area (Å²) in [5.74, 6) is 1.09. The largest absolute Gasteiger partial charge is 0.419 e. The van der Waals surface area contributed by atoms with Crippen LogP contribution in [0.5, 0.6) is 0 Å². The van der Waals surface area contributed by atoms with Crippen molar-refractivity contribution in [1.29, 1.82) is 0 Å². The molecule has 1 aliphatic rings. The molecule has 1 aromatic carbocycles. The summed E-state index contributed by atoms with van der Waals surface area (Å²) in [5, 5.41) is 10.9. The summed E-state index contributed by atoms with van der Waals surface area (Å²) in [5.41, 5.74) is 2.10. The first-order valence-electron chi connectivity index (χ1n) is 6.59. The average Bonchev–Trinajstić information content (AvgIpc) is 2.88. The van der Waals surface area contributed by atoms with Crippen molar-refractivity contribution >= 4 is 5.91 Å². The van der Waals surface area contributed by atoms with Crippen molar-refractivity contribution in [1.82, 2.24) is 20.4 Å².